The number of hydrogen-bond donors (Lipinski definition) is 1. The van der Waals surface area contributed by atoms with Crippen LogP contribution in [0.15, 0.2) is 24.3 Å². The maximum Gasteiger partial charge on any atom is 0.308 e. The van der Waals surface area contributed by atoms with Crippen molar-refractivity contribution in [1.82, 2.24) is 0 Å². The number of carboxylic acid groups (broad SMARTS) is 1. The molecule has 1 heterocycles. The number of anilines is 1. The van der Waals surface area contributed by atoms with Gasteiger partial charge in [0.25, 0.3) is 0 Å². The van der Waals surface area contributed by atoms with Crippen LogP contribution < -0.4 is 9.64 Å². The van der Waals surface area contributed by atoms with E-state index < -0.39 is 11.9 Å². The molecule has 0 bridgehead atoms. The summed E-state index contributed by atoms with van der Waals surface area (Å²) in [7, 11) is 1.55. The monoisotopic (exact) mass is 235 g/mol. The Kier molecular flexibility index (Phi) is 2.99. The Morgan fingerprint density at radius 2 is 2.29 bits per heavy atom. The van der Waals surface area contributed by atoms with Crippen molar-refractivity contribution < 1.29 is 19.4 Å². The van der Waals surface area contributed by atoms with Gasteiger partial charge in [-0.15, -0.1) is 0 Å². The lowest BCUT2D eigenvalue weighted by molar-refractivity contribution is -0.141. The van der Waals surface area contributed by atoms with Crippen LogP contribution in [-0.2, 0) is 9.59 Å². The van der Waals surface area contributed by atoms with Gasteiger partial charge in [0.1, 0.15) is 5.75 Å². The predicted molar refractivity (Wildman–Crippen MR) is 61.1 cm³/mol. The van der Waals surface area contributed by atoms with E-state index in [1.165, 1.54) is 4.90 Å². The van der Waals surface area contributed by atoms with E-state index in [2.05, 4.69) is 0 Å². The number of nitrogens with zero attached hydrogens (tertiary/aromatic N) is 1. The van der Waals surface area contributed by atoms with Crippen molar-refractivity contribution in [2.45, 2.75) is 6.42 Å². The summed E-state index contributed by atoms with van der Waals surface area (Å²) < 4.78 is 5.07. The molecule has 1 unspecified atom stereocenters. The van der Waals surface area contributed by atoms with Crippen LogP contribution in [0, 0.1) is 5.92 Å². The maximum atomic E-state index is 11.7. The van der Waals surface area contributed by atoms with Gasteiger partial charge in [0.15, 0.2) is 0 Å². The van der Waals surface area contributed by atoms with Crippen molar-refractivity contribution in [2.24, 2.45) is 5.92 Å². The van der Waals surface area contributed by atoms with Gasteiger partial charge in [-0.25, -0.2) is 0 Å². The number of benzene rings is 1. The number of carbonyl (C=O) groups excluding carboxylic acids is 1. The van der Waals surface area contributed by atoms with Crippen LogP contribution in [0.3, 0.4) is 0 Å². The SMILES string of the molecule is COc1cccc(N2CC(C(=O)O)CC2=O)c1. The first-order chi connectivity index (χ1) is 8.11. The van der Waals surface area contributed by atoms with Crippen LogP contribution in [0.2, 0.25) is 0 Å². The number of carbonyl (C=O) groups is 2. The van der Waals surface area contributed by atoms with Crippen molar-refractivity contribution in [2.75, 3.05) is 18.6 Å². The van der Waals surface area contributed by atoms with Gasteiger partial charge in [-0.2, -0.15) is 0 Å². The van der Waals surface area contributed by atoms with Crippen molar-refractivity contribution in [3.8, 4) is 5.75 Å². The predicted octanol–water partition coefficient (Wildman–Crippen LogP) is 1.13. The van der Waals surface area contributed by atoms with Gasteiger partial charge < -0.3 is 14.7 Å². The van der Waals surface area contributed by atoms with Gasteiger partial charge in [0.2, 0.25) is 5.91 Å². The molecule has 1 aliphatic rings. The maximum absolute atomic E-state index is 11.7. The molecule has 2 rings (SSSR count). The van der Waals surface area contributed by atoms with E-state index in [0.29, 0.717) is 11.4 Å². The minimum atomic E-state index is -0.927. The molecule has 1 N–H and O–H groups in total. The van der Waals surface area contributed by atoms with Gasteiger partial charge in [-0.1, -0.05) is 6.07 Å². The van der Waals surface area contributed by atoms with E-state index in [1.54, 1.807) is 31.4 Å². The first-order valence-corrected chi connectivity index (χ1v) is 5.29. The molecule has 1 aromatic carbocycles. The third-order valence-electron chi connectivity index (χ3n) is 2.84. The number of amides is 1. The van der Waals surface area contributed by atoms with Gasteiger partial charge in [-0.3, -0.25) is 9.59 Å². The van der Waals surface area contributed by atoms with Gasteiger partial charge in [-0.05, 0) is 12.1 Å². The van der Waals surface area contributed by atoms with Gasteiger partial charge >= 0.3 is 5.97 Å². The zero-order valence-electron chi connectivity index (χ0n) is 9.42. The number of aliphatic carboxylic acids is 1. The number of hydrogen-bond acceptors (Lipinski definition) is 3. The zero-order valence-corrected chi connectivity index (χ0v) is 9.42. The van der Waals surface area contributed by atoms with Crippen molar-refractivity contribution in [3.63, 3.8) is 0 Å². The summed E-state index contributed by atoms with van der Waals surface area (Å²) >= 11 is 0. The molecule has 0 aromatic heterocycles. The molecule has 0 spiro atoms. The topological polar surface area (TPSA) is 66.8 Å². The molecular formula is C12H13NO4. The van der Waals surface area contributed by atoms with Crippen LogP contribution in [0.25, 0.3) is 0 Å². The van der Waals surface area contributed by atoms with Crippen LogP contribution in [-0.4, -0.2) is 30.6 Å². The lowest BCUT2D eigenvalue weighted by atomic mass is 10.1. The Morgan fingerprint density at radius 1 is 1.53 bits per heavy atom. The van der Waals surface area contributed by atoms with E-state index >= 15 is 0 Å². The molecule has 1 aliphatic heterocycles. The zero-order chi connectivity index (χ0) is 12.4. The minimum Gasteiger partial charge on any atom is -0.497 e. The molecule has 5 heteroatoms. The Bertz CT molecular complexity index is 458. The summed E-state index contributed by atoms with van der Waals surface area (Å²) in [6.45, 7) is 0.224. The number of methoxy groups -OCH3 is 1. The molecular weight excluding hydrogens is 222 g/mol. The largest absolute Gasteiger partial charge is 0.497 e. The number of rotatable bonds is 3. The van der Waals surface area contributed by atoms with E-state index in [0.717, 1.165) is 0 Å². The third kappa shape index (κ3) is 2.22. The molecule has 1 atom stereocenters. The number of carboxylic acids is 1. The molecule has 0 saturated carbocycles. The molecule has 1 saturated heterocycles. The summed E-state index contributed by atoms with van der Waals surface area (Å²) in [5.74, 6) is -1.06. The summed E-state index contributed by atoms with van der Waals surface area (Å²) in [4.78, 5) is 24.0. The summed E-state index contributed by atoms with van der Waals surface area (Å²) in [6.07, 6.45) is 0.0620. The van der Waals surface area contributed by atoms with Crippen molar-refractivity contribution >= 4 is 17.6 Å². The second kappa shape index (κ2) is 4.45. The Hall–Kier alpha value is -2.04. The molecule has 1 fully saturated rings. The highest BCUT2D eigenvalue weighted by molar-refractivity contribution is 5.99. The molecule has 0 radical (unpaired) electrons. The lowest BCUT2D eigenvalue weighted by Gasteiger charge is -2.16. The second-order valence-electron chi connectivity index (χ2n) is 3.95. The van der Waals surface area contributed by atoms with Crippen LogP contribution >= 0.6 is 0 Å². The molecule has 5 nitrogen and oxygen atoms in total. The average Bonchev–Trinajstić information content (AvgIpc) is 2.72. The highest BCUT2D eigenvalue weighted by Gasteiger charge is 2.35. The first-order valence-electron chi connectivity index (χ1n) is 5.29. The normalized spacial score (nSPS) is 19.5. The fourth-order valence-corrected chi connectivity index (χ4v) is 1.90. The second-order valence-corrected chi connectivity index (χ2v) is 3.95. The van der Waals surface area contributed by atoms with Crippen LogP contribution in [0.4, 0.5) is 5.69 Å². The third-order valence-corrected chi connectivity index (χ3v) is 2.84. The van der Waals surface area contributed by atoms with E-state index in [1.807, 2.05) is 0 Å². The van der Waals surface area contributed by atoms with Crippen LogP contribution in [0.1, 0.15) is 6.42 Å². The van der Waals surface area contributed by atoms with E-state index in [4.69, 9.17) is 9.84 Å². The molecule has 90 valence electrons. The average molecular weight is 235 g/mol. The quantitative estimate of drug-likeness (QED) is 0.852. The highest BCUT2D eigenvalue weighted by atomic mass is 16.5. The lowest BCUT2D eigenvalue weighted by Crippen LogP contribution is -2.25. The summed E-state index contributed by atoms with van der Waals surface area (Å²) in [5.41, 5.74) is 0.679. The number of ether oxygens (including phenoxy) is 1. The standard InChI is InChI=1S/C12H13NO4/c1-17-10-4-2-3-9(6-10)13-7-8(12(15)16)5-11(13)14/h2-4,6,8H,5,7H2,1H3,(H,15,16). The van der Waals surface area contributed by atoms with E-state index in [-0.39, 0.29) is 18.9 Å². The van der Waals surface area contributed by atoms with Gasteiger partial charge in [0, 0.05) is 24.7 Å². The Morgan fingerprint density at radius 3 is 2.88 bits per heavy atom. The molecule has 17 heavy (non-hydrogen) atoms. The Balaban J connectivity index is 2.22. The van der Waals surface area contributed by atoms with Crippen LogP contribution in [0.5, 0.6) is 5.75 Å². The van der Waals surface area contributed by atoms with Crippen molar-refractivity contribution in [3.05, 3.63) is 24.3 Å². The molecule has 0 aliphatic carbocycles. The van der Waals surface area contributed by atoms with Crippen molar-refractivity contribution in [1.29, 1.82) is 0 Å². The smallest absolute Gasteiger partial charge is 0.308 e. The Labute approximate surface area is 98.6 Å². The fourth-order valence-electron chi connectivity index (χ4n) is 1.90. The first kappa shape index (κ1) is 11.4. The summed E-state index contributed by atoms with van der Waals surface area (Å²) in [5, 5.41) is 8.89. The highest BCUT2D eigenvalue weighted by Crippen LogP contribution is 2.27. The molecule has 1 amide bonds. The molecule has 1 aromatic rings. The fraction of sp³-hybridized carbons (Fsp3) is 0.333. The minimum absolute atomic E-state index is 0.0620. The van der Waals surface area contributed by atoms with E-state index in [9.17, 15) is 9.59 Å². The van der Waals surface area contributed by atoms with Gasteiger partial charge in [0.05, 0.1) is 13.0 Å². The summed E-state index contributed by atoms with van der Waals surface area (Å²) in [6, 6.07) is 7.04.